The van der Waals surface area contributed by atoms with Gasteiger partial charge >= 0.3 is 0 Å². The van der Waals surface area contributed by atoms with Gasteiger partial charge < -0.3 is 0 Å². The molecular weight excluding hydrogens is 204 g/mol. The maximum Gasteiger partial charge on any atom is -0.0533 e. The minimum atomic E-state index is 0. The molecule has 0 radical (unpaired) electrons. The van der Waals surface area contributed by atoms with Gasteiger partial charge in [-0.2, -0.15) is 0 Å². The zero-order chi connectivity index (χ0) is 9.90. The van der Waals surface area contributed by atoms with Crippen LogP contribution in [0.1, 0.15) is 89.9 Å². The Morgan fingerprint density at radius 2 is 0.267 bits per heavy atom. The van der Waals surface area contributed by atoms with E-state index in [-0.39, 0.29) is 12.4 Å². The lowest BCUT2D eigenvalue weighted by Gasteiger charge is -2.05. The predicted octanol–water partition coefficient (Wildman–Crippen LogP) is 5.88. The SMILES string of the molecule is C1CCCCCCCCCCCCC1.Cl. The third-order valence-electron chi connectivity index (χ3n) is 3.50. The molecule has 0 nitrogen and oxygen atoms in total. The number of hydrogen-bond donors (Lipinski definition) is 0. The van der Waals surface area contributed by atoms with Crippen molar-refractivity contribution in [3.05, 3.63) is 0 Å². The molecule has 1 fully saturated rings. The summed E-state index contributed by atoms with van der Waals surface area (Å²) in [7, 11) is 0. The van der Waals surface area contributed by atoms with Crippen LogP contribution in [0.4, 0.5) is 0 Å². The highest BCUT2D eigenvalue weighted by molar-refractivity contribution is 5.85. The Labute approximate surface area is 103 Å². The van der Waals surface area contributed by atoms with Crippen LogP contribution in [0.3, 0.4) is 0 Å². The zero-order valence-corrected chi connectivity index (χ0v) is 11.1. The van der Waals surface area contributed by atoms with Crippen molar-refractivity contribution in [3.8, 4) is 0 Å². The van der Waals surface area contributed by atoms with Crippen molar-refractivity contribution in [2.75, 3.05) is 0 Å². The Bertz CT molecular complexity index is 58.6. The van der Waals surface area contributed by atoms with E-state index < -0.39 is 0 Å². The Morgan fingerprint density at radius 1 is 0.200 bits per heavy atom. The van der Waals surface area contributed by atoms with E-state index in [0.29, 0.717) is 0 Å². The van der Waals surface area contributed by atoms with Gasteiger partial charge in [0, 0.05) is 0 Å². The molecule has 0 amide bonds. The summed E-state index contributed by atoms with van der Waals surface area (Å²) in [6.07, 6.45) is 21.0. The largest absolute Gasteiger partial charge is 0.147 e. The first-order valence-electron chi connectivity index (χ1n) is 7.00. The van der Waals surface area contributed by atoms with Crippen LogP contribution in [0.15, 0.2) is 0 Å². The van der Waals surface area contributed by atoms with E-state index in [1.807, 2.05) is 0 Å². The van der Waals surface area contributed by atoms with Crippen LogP contribution in [-0.4, -0.2) is 0 Å². The van der Waals surface area contributed by atoms with E-state index in [1.165, 1.54) is 89.9 Å². The first-order valence-corrected chi connectivity index (χ1v) is 7.00. The van der Waals surface area contributed by atoms with Crippen LogP contribution < -0.4 is 0 Å². The van der Waals surface area contributed by atoms with Crippen molar-refractivity contribution in [2.24, 2.45) is 0 Å². The fraction of sp³-hybridized carbons (Fsp3) is 1.00. The summed E-state index contributed by atoms with van der Waals surface area (Å²) in [4.78, 5) is 0. The molecular formula is C14H29Cl. The van der Waals surface area contributed by atoms with Gasteiger partial charge in [0.2, 0.25) is 0 Å². The Hall–Kier alpha value is 0.290. The maximum absolute atomic E-state index is 1.50. The van der Waals surface area contributed by atoms with Crippen LogP contribution in [0, 0.1) is 0 Å². The minimum Gasteiger partial charge on any atom is -0.147 e. The van der Waals surface area contributed by atoms with Crippen LogP contribution in [0.2, 0.25) is 0 Å². The molecule has 0 bridgehead atoms. The Morgan fingerprint density at radius 3 is 0.333 bits per heavy atom. The number of hydrogen-bond acceptors (Lipinski definition) is 0. The monoisotopic (exact) mass is 232 g/mol. The highest BCUT2D eigenvalue weighted by atomic mass is 35.5. The second-order valence-electron chi connectivity index (χ2n) is 4.95. The van der Waals surface area contributed by atoms with Gasteiger partial charge in [-0.3, -0.25) is 0 Å². The number of rotatable bonds is 0. The summed E-state index contributed by atoms with van der Waals surface area (Å²) >= 11 is 0. The Balaban J connectivity index is 0.00000196. The van der Waals surface area contributed by atoms with Gasteiger partial charge in [0.25, 0.3) is 0 Å². The lowest BCUT2D eigenvalue weighted by molar-refractivity contribution is 0.504. The second kappa shape index (κ2) is 12.4. The molecule has 0 unspecified atom stereocenters. The van der Waals surface area contributed by atoms with Crippen LogP contribution in [0.25, 0.3) is 0 Å². The molecule has 0 heterocycles. The first kappa shape index (κ1) is 15.3. The Kier molecular flexibility index (Phi) is 12.6. The van der Waals surface area contributed by atoms with E-state index in [1.54, 1.807) is 0 Å². The van der Waals surface area contributed by atoms with E-state index in [2.05, 4.69) is 0 Å². The summed E-state index contributed by atoms with van der Waals surface area (Å²) in [5.74, 6) is 0. The van der Waals surface area contributed by atoms with E-state index in [0.717, 1.165) is 0 Å². The number of halogens is 1. The topological polar surface area (TPSA) is 0 Å². The van der Waals surface area contributed by atoms with Crippen molar-refractivity contribution in [2.45, 2.75) is 89.9 Å². The van der Waals surface area contributed by atoms with E-state index in [4.69, 9.17) is 0 Å². The molecule has 0 saturated heterocycles. The third-order valence-corrected chi connectivity index (χ3v) is 3.50. The van der Waals surface area contributed by atoms with E-state index in [9.17, 15) is 0 Å². The molecule has 1 rings (SSSR count). The standard InChI is InChI=1S/C14H28.ClH/c1-2-4-6-8-10-12-14-13-11-9-7-5-3-1;/h1-14H2;1H. The summed E-state index contributed by atoms with van der Waals surface area (Å²) in [6, 6.07) is 0. The van der Waals surface area contributed by atoms with Crippen molar-refractivity contribution < 1.29 is 0 Å². The first-order chi connectivity index (χ1) is 7.00. The van der Waals surface area contributed by atoms with Gasteiger partial charge in [0.1, 0.15) is 0 Å². The molecule has 1 saturated carbocycles. The molecule has 92 valence electrons. The van der Waals surface area contributed by atoms with Crippen molar-refractivity contribution >= 4 is 12.4 Å². The molecule has 0 aromatic carbocycles. The fourth-order valence-corrected chi connectivity index (χ4v) is 2.47. The van der Waals surface area contributed by atoms with Crippen LogP contribution in [-0.2, 0) is 0 Å². The molecule has 0 N–H and O–H groups in total. The van der Waals surface area contributed by atoms with Gasteiger partial charge in [-0.25, -0.2) is 0 Å². The molecule has 0 aliphatic heterocycles. The summed E-state index contributed by atoms with van der Waals surface area (Å²) in [6.45, 7) is 0. The van der Waals surface area contributed by atoms with Crippen LogP contribution >= 0.6 is 12.4 Å². The highest BCUT2D eigenvalue weighted by Crippen LogP contribution is 2.16. The average molecular weight is 233 g/mol. The lowest BCUT2D eigenvalue weighted by atomic mass is 10.0. The predicted molar refractivity (Wildman–Crippen MR) is 71.9 cm³/mol. The second-order valence-corrected chi connectivity index (χ2v) is 4.95. The van der Waals surface area contributed by atoms with Gasteiger partial charge in [0.05, 0.1) is 0 Å². The third kappa shape index (κ3) is 10.6. The summed E-state index contributed by atoms with van der Waals surface area (Å²) in [5.41, 5.74) is 0. The summed E-state index contributed by atoms with van der Waals surface area (Å²) in [5, 5.41) is 0. The fourth-order valence-electron chi connectivity index (χ4n) is 2.47. The van der Waals surface area contributed by atoms with Gasteiger partial charge in [-0.1, -0.05) is 89.9 Å². The molecule has 0 spiro atoms. The maximum atomic E-state index is 1.50. The van der Waals surface area contributed by atoms with Crippen LogP contribution in [0.5, 0.6) is 0 Å². The van der Waals surface area contributed by atoms with Gasteiger partial charge in [-0.05, 0) is 0 Å². The van der Waals surface area contributed by atoms with Crippen molar-refractivity contribution in [3.63, 3.8) is 0 Å². The van der Waals surface area contributed by atoms with Gasteiger partial charge in [-0.15, -0.1) is 12.4 Å². The molecule has 1 heteroatoms. The molecule has 1 aliphatic carbocycles. The smallest absolute Gasteiger partial charge is 0.0533 e. The average Bonchev–Trinajstić information content (AvgIpc) is 2.22. The normalized spacial score (nSPS) is 22.4. The van der Waals surface area contributed by atoms with Gasteiger partial charge in [0.15, 0.2) is 0 Å². The highest BCUT2D eigenvalue weighted by Gasteiger charge is 1.96. The van der Waals surface area contributed by atoms with Crippen molar-refractivity contribution in [1.29, 1.82) is 0 Å². The quantitative estimate of drug-likeness (QED) is 0.489. The zero-order valence-electron chi connectivity index (χ0n) is 10.3. The molecule has 0 aromatic heterocycles. The minimum absolute atomic E-state index is 0. The molecule has 1 aliphatic rings. The summed E-state index contributed by atoms with van der Waals surface area (Å²) < 4.78 is 0. The molecule has 0 aromatic rings. The molecule has 0 atom stereocenters. The lowest BCUT2D eigenvalue weighted by Crippen LogP contribution is -1.85. The van der Waals surface area contributed by atoms with Crippen molar-refractivity contribution in [1.82, 2.24) is 0 Å². The van der Waals surface area contributed by atoms with E-state index >= 15 is 0 Å². The molecule has 15 heavy (non-hydrogen) atoms.